The van der Waals surface area contributed by atoms with E-state index in [0.29, 0.717) is 17.3 Å². The second-order valence-electron chi connectivity index (χ2n) is 11.5. The summed E-state index contributed by atoms with van der Waals surface area (Å²) in [5.41, 5.74) is 2.75. The molecule has 0 heterocycles. The number of aryl methyl sites for hydroxylation is 1. The predicted octanol–water partition coefficient (Wildman–Crippen LogP) is 6.26. The Balaban J connectivity index is 1.80. The summed E-state index contributed by atoms with van der Waals surface area (Å²) in [6, 6.07) is 28.5. The predicted molar refractivity (Wildman–Crippen MR) is 182 cm³/mol. The van der Waals surface area contributed by atoms with E-state index in [4.69, 9.17) is 16.3 Å². The van der Waals surface area contributed by atoms with E-state index in [1.807, 2.05) is 63.2 Å². The third-order valence-electron chi connectivity index (χ3n) is 7.45. The maximum Gasteiger partial charge on any atom is 0.264 e. The van der Waals surface area contributed by atoms with Crippen LogP contribution in [0.15, 0.2) is 108 Å². The zero-order valence-corrected chi connectivity index (χ0v) is 28.1. The van der Waals surface area contributed by atoms with Gasteiger partial charge in [0.1, 0.15) is 18.3 Å². The number of ether oxygens (including phenoxy) is 1. The molecule has 4 aromatic rings. The van der Waals surface area contributed by atoms with E-state index in [-0.39, 0.29) is 35.4 Å². The van der Waals surface area contributed by atoms with Crippen LogP contribution in [-0.4, -0.2) is 51.4 Å². The SMILES string of the molecule is COc1cccc(CN(C(=O)CN(c2ccc(Cl)cc2)S(=O)(=O)c2ccc(C)cc2)[C@H](Cc2ccccc2)C(=O)NCC(C)C)c1. The average molecular weight is 662 g/mol. The molecule has 1 N–H and O–H groups in total. The first-order chi connectivity index (χ1) is 22.0. The van der Waals surface area contributed by atoms with E-state index in [2.05, 4.69) is 5.32 Å². The standard InChI is InChI=1S/C36H40ClN3O5S/c1-26(2)23-38-36(42)34(22-28-9-6-5-7-10-28)39(24-29-11-8-12-32(21-29)45-4)35(41)25-40(31-17-15-30(37)16-18-31)46(43,44)33-19-13-27(3)14-20-33/h5-21,26,34H,22-25H2,1-4H3,(H,38,42)/t34-/m1/s1. The van der Waals surface area contributed by atoms with Gasteiger partial charge < -0.3 is 15.0 Å². The molecule has 0 saturated carbocycles. The van der Waals surface area contributed by atoms with E-state index >= 15 is 0 Å². The largest absolute Gasteiger partial charge is 0.497 e. The van der Waals surface area contributed by atoms with Crippen LogP contribution in [0.1, 0.15) is 30.5 Å². The molecule has 4 rings (SSSR count). The van der Waals surface area contributed by atoms with Gasteiger partial charge in [-0.05, 0) is 72.5 Å². The molecule has 8 nitrogen and oxygen atoms in total. The number of amides is 2. The molecule has 0 aliphatic rings. The highest BCUT2D eigenvalue weighted by atomic mass is 35.5. The van der Waals surface area contributed by atoms with Crippen LogP contribution in [0.2, 0.25) is 5.02 Å². The second-order valence-corrected chi connectivity index (χ2v) is 13.8. The number of nitrogens with zero attached hydrogens (tertiary/aromatic N) is 2. The van der Waals surface area contributed by atoms with Crippen LogP contribution in [0, 0.1) is 12.8 Å². The molecule has 0 saturated heterocycles. The summed E-state index contributed by atoms with van der Waals surface area (Å²) in [6.07, 6.45) is 0.228. The number of nitrogens with one attached hydrogen (secondary N) is 1. The Morgan fingerprint density at radius 2 is 1.52 bits per heavy atom. The van der Waals surface area contributed by atoms with Gasteiger partial charge >= 0.3 is 0 Å². The molecule has 0 radical (unpaired) electrons. The van der Waals surface area contributed by atoms with Crippen LogP contribution in [0.3, 0.4) is 0 Å². The van der Waals surface area contributed by atoms with Crippen LogP contribution in [-0.2, 0) is 32.6 Å². The zero-order valence-electron chi connectivity index (χ0n) is 26.5. The molecular formula is C36H40ClN3O5S. The average Bonchev–Trinajstić information content (AvgIpc) is 3.05. The lowest BCUT2D eigenvalue weighted by Gasteiger charge is -2.34. The minimum atomic E-state index is -4.20. The van der Waals surface area contributed by atoms with E-state index < -0.39 is 28.5 Å². The minimum Gasteiger partial charge on any atom is -0.497 e. The van der Waals surface area contributed by atoms with Gasteiger partial charge in [0.2, 0.25) is 11.8 Å². The molecular weight excluding hydrogens is 622 g/mol. The van der Waals surface area contributed by atoms with Crippen molar-refractivity contribution in [2.75, 3.05) is 24.5 Å². The number of hydrogen-bond acceptors (Lipinski definition) is 5. The first kappa shape index (κ1) is 34.5. The van der Waals surface area contributed by atoms with E-state index in [1.165, 1.54) is 17.0 Å². The number of carbonyl (C=O) groups excluding carboxylic acids is 2. The Bertz CT molecular complexity index is 1710. The number of sulfonamides is 1. The topological polar surface area (TPSA) is 96.0 Å². The molecule has 1 atom stereocenters. The highest BCUT2D eigenvalue weighted by molar-refractivity contribution is 7.92. The number of carbonyl (C=O) groups is 2. The van der Waals surface area contributed by atoms with Crippen molar-refractivity contribution in [3.05, 3.63) is 125 Å². The van der Waals surface area contributed by atoms with Gasteiger partial charge in [-0.25, -0.2) is 8.42 Å². The number of methoxy groups -OCH3 is 1. The van der Waals surface area contributed by atoms with Gasteiger partial charge in [-0.1, -0.05) is 85.6 Å². The lowest BCUT2D eigenvalue weighted by Crippen LogP contribution is -2.53. The van der Waals surface area contributed by atoms with Gasteiger partial charge in [-0.15, -0.1) is 0 Å². The molecule has 2 amide bonds. The van der Waals surface area contributed by atoms with Crippen molar-refractivity contribution in [2.24, 2.45) is 5.92 Å². The Morgan fingerprint density at radius 3 is 2.15 bits per heavy atom. The summed E-state index contributed by atoms with van der Waals surface area (Å²) < 4.78 is 34.7. The maximum absolute atomic E-state index is 14.5. The highest BCUT2D eigenvalue weighted by Crippen LogP contribution is 2.27. The first-order valence-electron chi connectivity index (χ1n) is 15.1. The summed E-state index contributed by atoms with van der Waals surface area (Å²) in [7, 11) is -2.64. The smallest absolute Gasteiger partial charge is 0.264 e. The van der Waals surface area contributed by atoms with Crippen LogP contribution in [0.4, 0.5) is 5.69 Å². The van der Waals surface area contributed by atoms with Crippen molar-refractivity contribution in [3.8, 4) is 5.75 Å². The van der Waals surface area contributed by atoms with Crippen molar-refractivity contribution in [2.45, 2.75) is 44.7 Å². The van der Waals surface area contributed by atoms with Crippen LogP contribution < -0.4 is 14.4 Å². The fourth-order valence-electron chi connectivity index (χ4n) is 4.92. The van der Waals surface area contributed by atoms with Crippen LogP contribution >= 0.6 is 11.6 Å². The Hall–Kier alpha value is -4.34. The third kappa shape index (κ3) is 9.11. The van der Waals surface area contributed by atoms with Crippen LogP contribution in [0.5, 0.6) is 5.75 Å². The minimum absolute atomic E-state index is 0.0377. The number of rotatable bonds is 14. The quantitative estimate of drug-likeness (QED) is 0.172. The molecule has 0 aromatic heterocycles. The Labute approximate surface area is 277 Å². The first-order valence-corrected chi connectivity index (χ1v) is 16.9. The second kappa shape index (κ2) is 15.8. The number of anilines is 1. The van der Waals surface area contributed by atoms with Gasteiger partial charge in [-0.2, -0.15) is 0 Å². The molecule has 0 unspecified atom stereocenters. The molecule has 10 heteroatoms. The number of benzene rings is 4. The number of hydrogen-bond donors (Lipinski definition) is 1. The normalized spacial score (nSPS) is 12.0. The van der Waals surface area contributed by atoms with Gasteiger partial charge in [0, 0.05) is 24.5 Å². The van der Waals surface area contributed by atoms with Gasteiger partial charge in [0.15, 0.2) is 0 Å². The van der Waals surface area contributed by atoms with E-state index in [0.717, 1.165) is 21.0 Å². The Kier molecular flexibility index (Phi) is 11.8. The molecule has 46 heavy (non-hydrogen) atoms. The van der Waals surface area contributed by atoms with Gasteiger partial charge in [0.25, 0.3) is 10.0 Å². The summed E-state index contributed by atoms with van der Waals surface area (Å²) in [4.78, 5) is 29.9. The van der Waals surface area contributed by atoms with Gasteiger partial charge in [-0.3, -0.25) is 13.9 Å². The van der Waals surface area contributed by atoms with E-state index in [1.54, 1.807) is 55.6 Å². The lowest BCUT2D eigenvalue weighted by atomic mass is 10.0. The monoisotopic (exact) mass is 661 g/mol. The summed E-state index contributed by atoms with van der Waals surface area (Å²) in [6.45, 7) is 5.76. The van der Waals surface area contributed by atoms with Crippen molar-refractivity contribution in [1.29, 1.82) is 0 Å². The zero-order chi connectivity index (χ0) is 33.3. The van der Waals surface area contributed by atoms with E-state index in [9.17, 15) is 18.0 Å². The molecule has 0 aliphatic carbocycles. The van der Waals surface area contributed by atoms with Crippen molar-refractivity contribution in [3.63, 3.8) is 0 Å². The molecule has 4 aromatic carbocycles. The Morgan fingerprint density at radius 1 is 0.870 bits per heavy atom. The molecule has 0 bridgehead atoms. The molecule has 242 valence electrons. The summed E-state index contributed by atoms with van der Waals surface area (Å²) in [5.74, 6) is -0.0928. The van der Waals surface area contributed by atoms with Crippen molar-refractivity contribution in [1.82, 2.24) is 10.2 Å². The summed E-state index contributed by atoms with van der Waals surface area (Å²) in [5, 5.41) is 3.42. The molecule has 0 fully saturated rings. The molecule has 0 aliphatic heterocycles. The van der Waals surface area contributed by atoms with Crippen molar-refractivity contribution < 1.29 is 22.7 Å². The summed E-state index contributed by atoms with van der Waals surface area (Å²) >= 11 is 6.14. The highest BCUT2D eigenvalue weighted by Gasteiger charge is 2.34. The maximum atomic E-state index is 14.5. The fourth-order valence-corrected chi connectivity index (χ4v) is 6.46. The van der Waals surface area contributed by atoms with Crippen molar-refractivity contribution >= 4 is 39.1 Å². The number of halogens is 1. The fraction of sp³-hybridized carbons (Fsp3) is 0.278. The molecule has 0 spiro atoms. The lowest BCUT2D eigenvalue weighted by molar-refractivity contribution is -0.140. The van der Waals surface area contributed by atoms with Crippen LogP contribution in [0.25, 0.3) is 0 Å². The van der Waals surface area contributed by atoms with Gasteiger partial charge in [0.05, 0.1) is 17.7 Å². The third-order valence-corrected chi connectivity index (χ3v) is 9.49.